The number of carbonyl (C=O) groups excluding carboxylic acids is 1. The van der Waals surface area contributed by atoms with Gasteiger partial charge in [0.2, 0.25) is 5.89 Å². The molecule has 3 rings (SSSR count). The molecule has 146 valence electrons. The predicted octanol–water partition coefficient (Wildman–Crippen LogP) is 3.05. The van der Waals surface area contributed by atoms with E-state index in [0.29, 0.717) is 36.3 Å². The summed E-state index contributed by atoms with van der Waals surface area (Å²) in [5.74, 6) is 2.61. The average Bonchev–Trinajstić information content (AvgIpc) is 3.13. The van der Waals surface area contributed by atoms with E-state index in [-0.39, 0.29) is 18.0 Å². The van der Waals surface area contributed by atoms with Crippen molar-refractivity contribution < 1.29 is 18.8 Å². The van der Waals surface area contributed by atoms with Crippen molar-refractivity contribution in [3.05, 3.63) is 35.5 Å². The SMILES string of the molecule is COc1ccc([C@H](C)NC(=O)N2CCC[C@@H](c3nc(C)no3)C2)cc1OC. The number of likely N-dealkylation sites (tertiary alicyclic amines) is 1. The molecule has 1 aliphatic heterocycles. The van der Waals surface area contributed by atoms with Gasteiger partial charge >= 0.3 is 6.03 Å². The van der Waals surface area contributed by atoms with E-state index in [9.17, 15) is 4.79 Å². The van der Waals surface area contributed by atoms with Gasteiger partial charge in [-0.25, -0.2) is 4.79 Å². The number of piperidine rings is 1. The van der Waals surface area contributed by atoms with E-state index in [1.165, 1.54) is 0 Å². The highest BCUT2D eigenvalue weighted by Gasteiger charge is 2.29. The number of aromatic nitrogens is 2. The summed E-state index contributed by atoms with van der Waals surface area (Å²) in [5.41, 5.74) is 0.946. The van der Waals surface area contributed by atoms with Crippen molar-refractivity contribution in [3.63, 3.8) is 0 Å². The normalized spacial score (nSPS) is 18.1. The average molecular weight is 374 g/mol. The summed E-state index contributed by atoms with van der Waals surface area (Å²) in [4.78, 5) is 18.9. The van der Waals surface area contributed by atoms with Crippen molar-refractivity contribution in [1.82, 2.24) is 20.4 Å². The first-order valence-corrected chi connectivity index (χ1v) is 9.09. The van der Waals surface area contributed by atoms with Crippen LogP contribution in [0.5, 0.6) is 11.5 Å². The first-order chi connectivity index (χ1) is 13.0. The van der Waals surface area contributed by atoms with Crippen molar-refractivity contribution >= 4 is 6.03 Å². The summed E-state index contributed by atoms with van der Waals surface area (Å²) in [6.45, 7) is 5.04. The van der Waals surface area contributed by atoms with Crippen molar-refractivity contribution in [2.24, 2.45) is 0 Å². The molecule has 1 saturated heterocycles. The Bertz CT molecular complexity index is 792. The Morgan fingerprint density at radius 3 is 2.78 bits per heavy atom. The minimum Gasteiger partial charge on any atom is -0.493 e. The Hall–Kier alpha value is -2.77. The van der Waals surface area contributed by atoms with Crippen LogP contribution in [0.1, 0.15) is 49.0 Å². The van der Waals surface area contributed by atoms with Gasteiger partial charge in [-0.15, -0.1) is 0 Å². The summed E-state index contributed by atoms with van der Waals surface area (Å²) >= 11 is 0. The number of hydrogen-bond acceptors (Lipinski definition) is 6. The molecule has 8 nitrogen and oxygen atoms in total. The van der Waals surface area contributed by atoms with E-state index in [0.717, 1.165) is 18.4 Å². The van der Waals surface area contributed by atoms with E-state index in [1.807, 2.05) is 30.0 Å². The van der Waals surface area contributed by atoms with Gasteiger partial charge in [-0.3, -0.25) is 0 Å². The van der Waals surface area contributed by atoms with Gasteiger partial charge < -0.3 is 24.2 Å². The molecule has 0 bridgehead atoms. The van der Waals surface area contributed by atoms with Gasteiger partial charge in [-0.1, -0.05) is 11.2 Å². The Morgan fingerprint density at radius 2 is 2.11 bits per heavy atom. The zero-order chi connectivity index (χ0) is 19.4. The van der Waals surface area contributed by atoms with Crippen molar-refractivity contribution in [2.45, 2.75) is 38.6 Å². The second-order valence-electron chi connectivity index (χ2n) is 6.75. The van der Waals surface area contributed by atoms with Gasteiger partial charge in [0.1, 0.15) is 0 Å². The molecule has 27 heavy (non-hydrogen) atoms. The van der Waals surface area contributed by atoms with E-state index in [2.05, 4.69) is 15.5 Å². The third kappa shape index (κ3) is 4.32. The minimum atomic E-state index is -0.164. The van der Waals surface area contributed by atoms with Gasteiger partial charge in [0.05, 0.1) is 26.2 Å². The largest absolute Gasteiger partial charge is 0.493 e. The van der Waals surface area contributed by atoms with Crippen molar-refractivity contribution in [3.8, 4) is 11.5 Å². The van der Waals surface area contributed by atoms with Crippen LogP contribution in [0.15, 0.2) is 22.7 Å². The highest BCUT2D eigenvalue weighted by Crippen LogP contribution is 2.30. The van der Waals surface area contributed by atoms with Gasteiger partial charge in [0.25, 0.3) is 0 Å². The highest BCUT2D eigenvalue weighted by atomic mass is 16.5. The highest BCUT2D eigenvalue weighted by molar-refractivity contribution is 5.75. The molecule has 2 atom stereocenters. The lowest BCUT2D eigenvalue weighted by molar-refractivity contribution is 0.169. The first-order valence-electron chi connectivity index (χ1n) is 9.09. The van der Waals surface area contributed by atoms with E-state index >= 15 is 0 Å². The monoisotopic (exact) mass is 374 g/mol. The molecular weight excluding hydrogens is 348 g/mol. The number of benzene rings is 1. The maximum absolute atomic E-state index is 12.7. The molecule has 8 heteroatoms. The third-order valence-corrected chi connectivity index (χ3v) is 4.85. The lowest BCUT2D eigenvalue weighted by atomic mass is 9.98. The number of nitrogens with zero attached hydrogens (tertiary/aromatic N) is 3. The molecule has 0 radical (unpaired) electrons. The number of rotatable bonds is 5. The topological polar surface area (TPSA) is 89.7 Å². The summed E-state index contributed by atoms with van der Waals surface area (Å²) in [7, 11) is 3.19. The Morgan fingerprint density at radius 1 is 1.33 bits per heavy atom. The van der Waals surface area contributed by atoms with Crippen LogP contribution < -0.4 is 14.8 Å². The molecule has 2 aromatic rings. The number of nitrogens with one attached hydrogen (secondary N) is 1. The molecule has 1 aromatic carbocycles. The molecule has 0 saturated carbocycles. The molecule has 2 amide bonds. The van der Waals surface area contributed by atoms with Crippen LogP contribution in [0.25, 0.3) is 0 Å². The summed E-state index contributed by atoms with van der Waals surface area (Å²) in [6, 6.07) is 5.38. The summed E-state index contributed by atoms with van der Waals surface area (Å²) < 4.78 is 15.9. The Kier molecular flexibility index (Phi) is 5.83. The number of carbonyl (C=O) groups is 1. The Labute approximate surface area is 158 Å². The molecule has 1 aromatic heterocycles. The van der Waals surface area contributed by atoms with Crippen LogP contribution >= 0.6 is 0 Å². The van der Waals surface area contributed by atoms with E-state index in [4.69, 9.17) is 14.0 Å². The van der Waals surface area contributed by atoms with Crippen LogP contribution in [0.4, 0.5) is 4.79 Å². The zero-order valence-corrected chi connectivity index (χ0v) is 16.2. The molecule has 0 aliphatic carbocycles. The molecule has 2 heterocycles. The lowest BCUT2D eigenvalue weighted by Gasteiger charge is -2.32. The second kappa shape index (κ2) is 8.28. The van der Waals surface area contributed by atoms with E-state index in [1.54, 1.807) is 21.1 Å². The number of aryl methyl sites for hydroxylation is 1. The number of urea groups is 1. The van der Waals surface area contributed by atoms with Crippen LogP contribution in [-0.2, 0) is 0 Å². The van der Waals surface area contributed by atoms with Gasteiger partial charge in [-0.05, 0) is 44.4 Å². The fourth-order valence-corrected chi connectivity index (χ4v) is 3.32. The number of amides is 2. The van der Waals surface area contributed by atoms with Gasteiger partial charge in [0.15, 0.2) is 17.3 Å². The van der Waals surface area contributed by atoms with Crippen LogP contribution in [0.2, 0.25) is 0 Å². The minimum absolute atomic E-state index is 0.0853. The molecular formula is C19H26N4O4. The number of methoxy groups -OCH3 is 2. The molecule has 0 spiro atoms. The van der Waals surface area contributed by atoms with Crippen LogP contribution in [0, 0.1) is 6.92 Å². The fraction of sp³-hybridized carbons (Fsp3) is 0.526. The van der Waals surface area contributed by atoms with Gasteiger partial charge in [0, 0.05) is 13.1 Å². The standard InChI is InChI=1S/C19H26N4O4/c1-12(14-7-8-16(25-3)17(10-14)26-4)20-19(24)23-9-5-6-15(11-23)18-21-13(2)22-27-18/h7-8,10,12,15H,5-6,9,11H2,1-4H3,(H,20,24)/t12-,15+/m0/s1. The van der Waals surface area contributed by atoms with Crippen LogP contribution in [0.3, 0.4) is 0 Å². The fourth-order valence-electron chi connectivity index (χ4n) is 3.32. The van der Waals surface area contributed by atoms with Crippen LogP contribution in [-0.4, -0.2) is 48.4 Å². The lowest BCUT2D eigenvalue weighted by Crippen LogP contribution is -2.45. The smallest absolute Gasteiger partial charge is 0.317 e. The third-order valence-electron chi connectivity index (χ3n) is 4.85. The molecule has 1 aliphatic rings. The zero-order valence-electron chi connectivity index (χ0n) is 16.2. The summed E-state index contributed by atoms with van der Waals surface area (Å²) in [6.07, 6.45) is 1.85. The van der Waals surface area contributed by atoms with Gasteiger partial charge in [-0.2, -0.15) is 4.98 Å². The maximum atomic E-state index is 12.7. The first kappa shape index (κ1) is 19.0. The number of ether oxygens (including phenoxy) is 2. The van der Waals surface area contributed by atoms with E-state index < -0.39 is 0 Å². The predicted molar refractivity (Wildman–Crippen MR) is 99.1 cm³/mol. The summed E-state index contributed by atoms with van der Waals surface area (Å²) in [5, 5.41) is 6.91. The molecule has 1 fully saturated rings. The second-order valence-corrected chi connectivity index (χ2v) is 6.75. The quantitative estimate of drug-likeness (QED) is 0.865. The van der Waals surface area contributed by atoms with Crippen molar-refractivity contribution in [1.29, 1.82) is 0 Å². The maximum Gasteiger partial charge on any atom is 0.317 e. The van der Waals surface area contributed by atoms with Crippen molar-refractivity contribution in [2.75, 3.05) is 27.3 Å². The number of hydrogen-bond donors (Lipinski definition) is 1. The molecule has 0 unspecified atom stereocenters. The molecule has 1 N–H and O–H groups in total. The Balaban J connectivity index is 1.64.